The van der Waals surface area contributed by atoms with Gasteiger partial charge in [0.05, 0.1) is 5.38 Å². The summed E-state index contributed by atoms with van der Waals surface area (Å²) in [6.45, 7) is 1.56. The number of hydrogen-bond donors (Lipinski definition) is 0. The monoisotopic (exact) mass is 256 g/mol. The van der Waals surface area contributed by atoms with Gasteiger partial charge in [-0.2, -0.15) is 0 Å². The molecule has 17 heavy (non-hydrogen) atoms. The van der Waals surface area contributed by atoms with Crippen molar-refractivity contribution in [2.75, 3.05) is 0 Å². The van der Waals surface area contributed by atoms with Gasteiger partial charge in [0, 0.05) is 5.56 Å². The maximum Gasteiger partial charge on any atom is 0.166 e. The number of aryl methyl sites for hydroxylation is 1. The van der Waals surface area contributed by atoms with Gasteiger partial charge >= 0.3 is 0 Å². The lowest BCUT2D eigenvalue weighted by Crippen LogP contribution is -1.98. The molecule has 1 aliphatic carbocycles. The van der Waals surface area contributed by atoms with Crippen LogP contribution >= 0.6 is 11.6 Å². The smallest absolute Gasteiger partial charge is 0.166 e. The SMILES string of the molecule is Cc1ccc(C2=CC(Cl)CCCC2)c(F)c1F. The van der Waals surface area contributed by atoms with Crippen LogP contribution in [0, 0.1) is 18.6 Å². The number of allylic oxidation sites excluding steroid dienone is 2. The van der Waals surface area contributed by atoms with Gasteiger partial charge in [-0.05, 0) is 37.3 Å². The van der Waals surface area contributed by atoms with Gasteiger partial charge in [0.15, 0.2) is 11.6 Å². The minimum atomic E-state index is -0.751. The normalized spacial score (nSPS) is 20.9. The molecule has 1 aromatic carbocycles. The first kappa shape index (κ1) is 12.6. The zero-order valence-corrected chi connectivity index (χ0v) is 10.5. The van der Waals surface area contributed by atoms with Crippen molar-refractivity contribution in [3.8, 4) is 0 Å². The Morgan fingerprint density at radius 3 is 2.71 bits per heavy atom. The standard InChI is InChI=1S/C14H15ClF2/c1-9-6-7-12(14(17)13(9)16)10-4-2-3-5-11(15)8-10/h6-8,11H,2-5H2,1H3. The second-order valence-electron chi connectivity index (χ2n) is 4.51. The summed E-state index contributed by atoms with van der Waals surface area (Å²) in [5, 5.41) is -0.0729. The average Bonchev–Trinajstić information content (AvgIpc) is 2.51. The number of halogens is 3. The van der Waals surface area contributed by atoms with E-state index in [-0.39, 0.29) is 5.38 Å². The number of benzene rings is 1. The molecule has 1 unspecified atom stereocenters. The molecular formula is C14H15ClF2. The third-order valence-electron chi connectivity index (χ3n) is 3.18. The van der Waals surface area contributed by atoms with Gasteiger partial charge in [-0.1, -0.05) is 24.6 Å². The molecule has 92 valence electrons. The number of alkyl halides is 1. The molecule has 0 spiro atoms. The Hall–Kier alpha value is -0.890. The van der Waals surface area contributed by atoms with E-state index in [1.807, 2.05) is 6.08 Å². The van der Waals surface area contributed by atoms with Gasteiger partial charge in [0.2, 0.25) is 0 Å². The minimum Gasteiger partial charge on any atom is -0.203 e. The van der Waals surface area contributed by atoms with E-state index in [1.54, 1.807) is 19.1 Å². The van der Waals surface area contributed by atoms with Crippen molar-refractivity contribution in [1.82, 2.24) is 0 Å². The third-order valence-corrected chi connectivity index (χ3v) is 3.52. The van der Waals surface area contributed by atoms with Crippen LogP contribution in [-0.4, -0.2) is 5.38 Å². The van der Waals surface area contributed by atoms with Crippen molar-refractivity contribution in [3.63, 3.8) is 0 Å². The highest BCUT2D eigenvalue weighted by atomic mass is 35.5. The highest BCUT2D eigenvalue weighted by Crippen LogP contribution is 2.31. The Balaban J connectivity index is 2.42. The highest BCUT2D eigenvalue weighted by Gasteiger charge is 2.17. The zero-order valence-electron chi connectivity index (χ0n) is 9.77. The maximum atomic E-state index is 13.8. The van der Waals surface area contributed by atoms with Crippen LogP contribution in [0.5, 0.6) is 0 Å². The van der Waals surface area contributed by atoms with E-state index >= 15 is 0 Å². The predicted octanol–water partition coefficient (Wildman–Crippen LogP) is 4.84. The van der Waals surface area contributed by atoms with Gasteiger partial charge < -0.3 is 0 Å². The molecule has 0 aliphatic heterocycles. The summed E-state index contributed by atoms with van der Waals surface area (Å²) in [6, 6.07) is 3.26. The van der Waals surface area contributed by atoms with Gasteiger partial charge in [0.1, 0.15) is 0 Å². The predicted molar refractivity (Wildman–Crippen MR) is 67.2 cm³/mol. The zero-order chi connectivity index (χ0) is 12.4. The maximum absolute atomic E-state index is 13.8. The molecule has 0 N–H and O–H groups in total. The van der Waals surface area contributed by atoms with E-state index in [2.05, 4.69) is 0 Å². The van der Waals surface area contributed by atoms with Gasteiger partial charge in [0.25, 0.3) is 0 Å². The summed E-state index contributed by atoms with van der Waals surface area (Å²) in [7, 11) is 0. The molecule has 3 heteroatoms. The Morgan fingerprint density at radius 1 is 1.18 bits per heavy atom. The third kappa shape index (κ3) is 2.68. The second kappa shape index (κ2) is 5.18. The van der Waals surface area contributed by atoms with Crippen molar-refractivity contribution in [2.24, 2.45) is 0 Å². The quantitative estimate of drug-likeness (QED) is 0.631. The van der Waals surface area contributed by atoms with Crippen LogP contribution in [0.2, 0.25) is 0 Å². The molecule has 0 fully saturated rings. The van der Waals surface area contributed by atoms with Gasteiger partial charge in [-0.3, -0.25) is 0 Å². The lowest BCUT2D eigenvalue weighted by molar-refractivity contribution is 0.500. The fourth-order valence-electron chi connectivity index (χ4n) is 2.16. The van der Waals surface area contributed by atoms with Crippen molar-refractivity contribution in [3.05, 3.63) is 41.0 Å². The van der Waals surface area contributed by atoms with E-state index in [9.17, 15) is 8.78 Å². The molecule has 0 bridgehead atoms. The van der Waals surface area contributed by atoms with Crippen molar-refractivity contribution in [1.29, 1.82) is 0 Å². The highest BCUT2D eigenvalue weighted by molar-refractivity contribution is 6.22. The first-order valence-corrected chi connectivity index (χ1v) is 6.33. The summed E-state index contributed by atoms with van der Waals surface area (Å²) in [6.07, 6.45) is 5.54. The van der Waals surface area contributed by atoms with Crippen LogP contribution in [-0.2, 0) is 0 Å². The molecule has 2 rings (SSSR count). The fraction of sp³-hybridized carbons (Fsp3) is 0.429. The van der Waals surface area contributed by atoms with E-state index in [0.29, 0.717) is 11.1 Å². The average molecular weight is 257 g/mol. The summed E-state index contributed by atoms with van der Waals surface area (Å²) in [5.41, 5.74) is 1.53. The van der Waals surface area contributed by atoms with Crippen LogP contribution in [0.4, 0.5) is 8.78 Å². The lowest BCUT2D eigenvalue weighted by atomic mass is 9.99. The van der Waals surface area contributed by atoms with Crippen LogP contribution in [0.1, 0.15) is 36.8 Å². The summed E-state index contributed by atoms with van der Waals surface area (Å²) in [4.78, 5) is 0. The summed E-state index contributed by atoms with van der Waals surface area (Å²) >= 11 is 6.10. The number of hydrogen-bond acceptors (Lipinski definition) is 0. The van der Waals surface area contributed by atoms with Crippen molar-refractivity contribution >= 4 is 17.2 Å². The molecule has 1 atom stereocenters. The van der Waals surface area contributed by atoms with Gasteiger partial charge in [-0.15, -0.1) is 11.6 Å². The molecule has 0 nitrogen and oxygen atoms in total. The minimum absolute atomic E-state index is 0.0729. The molecular weight excluding hydrogens is 242 g/mol. The summed E-state index contributed by atoms with van der Waals surface area (Å²) < 4.78 is 27.4. The van der Waals surface area contributed by atoms with E-state index in [1.165, 1.54) is 0 Å². The summed E-state index contributed by atoms with van der Waals surface area (Å²) in [5.74, 6) is -1.50. The first-order chi connectivity index (χ1) is 8.09. The fourth-order valence-corrected chi connectivity index (χ4v) is 2.46. The largest absolute Gasteiger partial charge is 0.203 e. The van der Waals surface area contributed by atoms with Crippen molar-refractivity contribution < 1.29 is 8.78 Å². The van der Waals surface area contributed by atoms with E-state index in [0.717, 1.165) is 31.3 Å². The van der Waals surface area contributed by atoms with Crippen molar-refractivity contribution in [2.45, 2.75) is 38.0 Å². The van der Waals surface area contributed by atoms with Crippen LogP contribution in [0.3, 0.4) is 0 Å². The van der Waals surface area contributed by atoms with Gasteiger partial charge in [-0.25, -0.2) is 8.78 Å². The van der Waals surface area contributed by atoms with Crippen LogP contribution in [0.25, 0.3) is 5.57 Å². The molecule has 0 amide bonds. The Morgan fingerprint density at radius 2 is 1.94 bits per heavy atom. The lowest BCUT2D eigenvalue weighted by Gasteiger charge is -2.09. The van der Waals surface area contributed by atoms with E-state index < -0.39 is 11.6 Å². The Bertz CT molecular complexity index is 452. The molecule has 0 saturated heterocycles. The first-order valence-electron chi connectivity index (χ1n) is 5.89. The Kier molecular flexibility index (Phi) is 3.82. The molecule has 1 aromatic rings. The Labute approximate surface area is 105 Å². The second-order valence-corrected chi connectivity index (χ2v) is 5.07. The number of rotatable bonds is 1. The van der Waals surface area contributed by atoms with Crippen LogP contribution < -0.4 is 0 Å². The molecule has 0 heterocycles. The topological polar surface area (TPSA) is 0 Å². The van der Waals surface area contributed by atoms with Crippen LogP contribution in [0.15, 0.2) is 18.2 Å². The van der Waals surface area contributed by atoms with E-state index in [4.69, 9.17) is 11.6 Å². The molecule has 1 aliphatic rings. The molecule has 0 aromatic heterocycles. The molecule has 0 saturated carbocycles. The molecule has 0 radical (unpaired) electrons.